The molecule has 1 saturated carbocycles. The third-order valence-corrected chi connectivity index (χ3v) is 3.43. The van der Waals surface area contributed by atoms with Gasteiger partial charge in [0.1, 0.15) is 5.82 Å². The smallest absolute Gasteiger partial charge is 0.231 e. The normalized spacial score (nSPS) is 23.7. The molecule has 1 aromatic rings. The van der Waals surface area contributed by atoms with E-state index in [9.17, 15) is 4.79 Å². The minimum absolute atomic E-state index is 0.168. The predicted octanol–water partition coefficient (Wildman–Crippen LogP) is 2.46. The molecule has 3 nitrogen and oxygen atoms in total. The Morgan fingerprint density at radius 3 is 2.87 bits per heavy atom. The summed E-state index contributed by atoms with van der Waals surface area (Å²) in [6, 6.07) is 3.73. The van der Waals surface area contributed by atoms with Crippen molar-refractivity contribution in [3.63, 3.8) is 0 Å². The van der Waals surface area contributed by atoms with Crippen LogP contribution in [0.25, 0.3) is 0 Å². The first-order valence-electron chi connectivity index (χ1n) is 4.99. The molecule has 0 spiro atoms. The zero-order valence-corrected chi connectivity index (χ0v) is 10.4. The molecular formula is C11H13BrN2O. The number of nitrogens with zero attached hydrogens (tertiary/aromatic N) is 2. The zero-order chi connectivity index (χ0) is 11.0. The fourth-order valence-corrected chi connectivity index (χ4v) is 2.16. The van der Waals surface area contributed by atoms with Gasteiger partial charge in [-0.15, -0.1) is 0 Å². The van der Waals surface area contributed by atoms with E-state index in [1.807, 2.05) is 12.1 Å². The number of carbonyl (C=O) groups is 1. The Hall–Kier alpha value is -0.900. The van der Waals surface area contributed by atoms with Crippen LogP contribution in [0.4, 0.5) is 5.82 Å². The third kappa shape index (κ3) is 2.04. The van der Waals surface area contributed by atoms with Crippen LogP contribution in [0.1, 0.15) is 13.3 Å². The maximum absolute atomic E-state index is 11.9. The van der Waals surface area contributed by atoms with Gasteiger partial charge in [-0.2, -0.15) is 0 Å². The molecule has 0 N–H and O–H groups in total. The van der Waals surface area contributed by atoms with Crippen LogP contribution in [0, 0.1) is 11.8 Å². The molecule has 80 valence electrons. The van der Waals surface area contributed by atoms with E-state index in [0.29, 0.717) is 11.7 Å². The Bertz CT molecular complexity index is 394. The molecule has 2 unspecified atom stereocenters. The lowest BCUT2D eigenvalue weighted by molar-refractivity contribution is -0.119. The van der Waals surface area contributed by atoms with Crippen LogP contribution in [0.5, 0.6) is 0 Å². The van der Waals surface area contributed by atoms with Crippen LogP contribution in [-0.2, 0) is 4.79 Å². The molecule has 15 heavy (non-hydrogen) atoms. The summed E-state index contributed by atoms with van der Waals surface area (Å²) >= 11 is 3.39. The van der Waals surface area contributed by atoms with Gasteiger partial charge in [-0.05, 0) is 40.4 Å². The van der Waals surface area contributed by atoms with Gasteiger partial charge in [-0.25, -0.2) is 4.98 Å². The van der Waals surface area contributed by atoms with E-state index in [2.05, 4.69) is 27.8 Å². The molecule has 0 aromatic carbocycles. The van der Waals surface area contributed by atoms with Crippen LogP contribution < -0.4 is 4.90 Å². The molecule has 1 heterocycles. The molecule has 4 heteroatoms. The van der Waals surface area contributed by atoms with Crippen LogP contribution >= 0.6 is 15.9 Å². The Labute approximate surface area is 97.6 Å². The number of pyridine rings is 1. The molecule has 1 fully saturated rings. The Morgan fingerprint density at radius 2 is 2.33 bits per heavy atom. The fourth-order valence-electron chi connectivity index (χ4n) is 1.64. The second-order valence-corrected chi connectivity index (χ2v) is 4.88. The summed E-state index contributed by atoms with van der Waals surface area (Å²) in [6.45, 7) is 2.10. The lowest BCUT2D eigenvalue weighted by Gasteiger charge is -2.17. The zero-order valence-electron chi connectivity index (χ0n) is 8.77. The highest BCUT2D eigenvalue weighted by molar-refractivity contribution is 9.10. The van der Waals surface area contributed by atoms with Crippen molar-refractivity contribution in [1.29, 1.82) is 0 Å². The van der Waals surface area contributed by atoms with Gasteiger partial charge < -0.3 is 0 Å². The third-order valence-electron chi connectivity index (χ3n) is 2.81. The van der Waals surface area contributed by atoms with Crippen molar-refractivity contribution in [1.82, 2.24) is 4.98 Å². The Balaban J connectivity index is 2.17. The average molecular weight is 269 g/mol. The quantitative estimate of drug-likeness (QED) is 0.826. The number of anilines is 1. The molecule has 2 rings (SSSR count). The number of amides is 1. The highest BCUT2D eigenvalue weighted by Gasteiger charge is 2.41. The number of carbonyl (C=O) groups excluding carboxylic acids is 1. The minimum Gasteiger partial charge on any atom is -0.299 e. The second kappa shape index (κ2) is 3.93. The molecule has 1 aliphatic rings. The fraction of sp³-hybridized carbons (Fsp3) is 0.455. The number of hydrogen-bond acceptors (Lipinski definition) is 2. The van der Waals surface area contributed by atoms with Gasteiger partial charge in [0.2, 0.25) is 5.91 Å². The highest BCUT2D eigenvalue weighted by atomic mass is 79.9. The van der Waals surface area contributed by atoms with Gasteiger partial charge >= 0.3 is 0 Å². The van der Waals surface area contributed by atoms with Gasteiger partial charge in [-0.1, -0.05) is 6.92 Å². The Kier molecular flexibility index (Phi) is 2.78. The summed E-state index contributed by atoms with van der Waals surface area (Å²) in [7, 11) is 1.78. The lowest BCUT2D eigenvalue weighted by Crippen LogP contribution is -2.29. The maximum atomic E-state index is 11.9. The Morgan fingerprint density at radius 1 is 1.67 bits per heavy atom. The molecule has 0 saturated heterocycles. The molecule has 0 bridgehead atoms. The van der Waals surface area contributed by atoms with E-state index in [1.165, 1.54) is 0 Å². The molecule has 1 aliphatic carbocycles. The maximum Gasteiger partial charge on any atom is 0.231 e. The van der Waals surface area contributed by atoms with Crippen LogP contribution in [0.3, 0.4) is 0 Å². The molecule has 1 amide bonds. The summed E-state index contributed by atoms with van der Waals surface area (Å²) in [5.74, 6) is 1.59. The van der Waals surface area contributed by atoms with Crippen molar-refractivity contribution < 1.29 is 4.79 Å². The average Bonchev–Trinajstić information content (AvgIpc) is 2.94. The summed E-state index contributed by atoms with van der Waals surface area (Å²) in [6.07, 6.45) is 2.70. The summed E-state index contributed by atoms with van der Waals surface area (Å²) in [5, 5.41) is 0. The SMILES string of the molecule is CC1CC1C(=O)N(C)c1ncccc1Br. The van der Waals surface area contributed by atoms with Gasteiger partial charge in [-0.3, -0.25) is 9.69 Å². The first-order valence-corrected chi connectivity index (χ1v) is 5.78. The van der Waals surface area contributed by atoms with Gasteiger partial charge in [0.25, 0.3) is 0 Å². The summed E-state index contributed by atoms with van der Waals surface area (Å²) in [4.78, 5) is 17.8. The standard InChI is InChI=1S/C11H13BrN2O/c1-7-6-8(7)11(15)14(2)10-9(12)4-3-5-13-10/h3-5,7-8H,6H2,1-2H3. The summed E-state index contributed by atoms with van der Waals surface area (Å²) < 4.78 is 0.856. The molecule has 2 atom stereocenters. The molecule has 0 radical (unpaired) electrons. The summed E-state index contributed by atoms with van der Waals surface area (Å²) in [5.41, 5.74) is 0. The first-order chi connectivity index (χ1) is 7.11. The van der Waals surface area contributed by atoms with E-state index in [-0.39, 0.29) is 11.8 Å². The minimum atomic E-state index is 0.168. The number of hydrogen-bond donors (Lipinski definition) is 0. The van der Waals surface area contributed by atoms with Gasteiger partial charge in [0.05, 0.1) is 4.47 Å². The van der Waals surface area contributed by atoms with Crippen molar-refractivity contribution in [2.24, 2.45) is 11.8 Å². The topological polar surface area (TPSA) is 33.2 Å². The van der Waals surface area contributed by atoms with Crippen LogP contribution in [-0.4, -0.2) is 17.9 Å². The van der Waals surface area contributed by atoms with Crippen molar-refractivity contribution in [3.8, 4) is 0 Å². The van der Waals surface area contributed by atoms with Gasteiger partial charge in [0, 0.05) is 19.2 Å². The largest absolute Gasteiger partial charge is 0.299 e. The van der Waals surface area contributed by atoms with E-state index in [0.717, 1.165) is 10.9 Å². The van der Waals surface area contributed by atoms with Crippen molar-refractivity contribution in [2.45, 2.75) is 13.3 Å². The van der Waals surface area contributed by atoms with Gasteiger partial charge in [0.15, 0.2) is 0 Å². The van der Waals surface area contributed by atoms with Crippen LogP contribution in [0.2, 0.25) is 0 Å². The number of halogens is 1. The number of rotatable bonds is 2. The highest BCUT2D eigenvalue weighted by Crippen LogP contribution is 2.40. The van der Waals surface area contributed by atoms with Crippen molar-refractivity contribution >= 4 is 27.7 Å². The molecule has 1 aromatic heterocycles. The molecule has 0 aliphatic heterocycles. The van der Waals surface area contributed by atoms with E-state index in [4.69, 9.17) is 0 Å². The van der Waals surface area contributed by atoms with Crippen molar-refractivity contribution in [2.75, 3.05) is 11.9 Å². The first kappa shape index (κ1) is 10.6. The van der Waals surface area contributed by atoms with Crippen molar-refractivity contribution in [3.05, 3.63) is 22.8 Å². The lowest BCUT2D eigenvalue weighted by atomic mass is 10.3. The van der Waals surface area contributed by atoms with Crippen LogP contribution in [0.15, 0.2) is 22.8 Å². The van der Waals surface area contributed by atoms with E-state index >= 15 is 0 Å². The monoisotopic (exact) mass is 268 g/mol. The number of aromatic nitrogens is 1. The second-order valence-electron chi connectivity index (χ2n) is 4.03. The predicted molar refractivity (Wildman–Crippen MR) is 62.6 cm³/mol. The molecular weight excluding hydrogens is 256 g/mol. The van der Waals surface area contributed by atoms with E-state index < -0.39 is 0 Å². The van der Waals surface area contributed by atoms with E-state index in [1.54, 1.807) is 18.1 Å².